The molecule has 3 N–H and O–H groups in total. The smallest absolute Gasteiger partial charge is 0.372 e. The lowest BCUT2D eigenvalue weighted by molar-refractivity contribution is -0.173. The molecule has 0 bridgehead atoms. The molecule has 0 aromatic heterocycles. The topological polar surface area (TPSA) is 59.6 Å². The van der Waals surface area contributed by atoms with Gasteiger partial charge >= 0.3 is 6.18 Å². The first kappa shape index (κ1) is 13.2. The van der Waals surface area contributed by atoms with E-state index in [0.717, 1.165) is 0 Å². The Bertz CT molecular complexity index is 182. The maximum absolute atomic E-state index is 11.6. The summed E-state index contributed by atoms with van der Waals surface area (Å²) in [6.07, 6.45) is -4.03. The number of rotatable bonds is 5. The fourth-order valence-electron chi connectivity index (χ4n) is 0.744. The average Bonchev–Trinajstić information content (AvgIpc) is 2.08. The number of amidine groups is 1. The third-order valence-corrected chi connectivity index (χ3v) is 1.26. The standard InChI is InChI=1S/C7H14F3N3O/c1-2-12-6(13-11)3-4-14-5-7(8,9)10/h2-5,11H2,1H3,(H,12,13). The molecule has 0 aliphatic carbocycles. The number of alkyl halides is 3. The van der Waals surface area contributed by atoms with Gasteiger partial charge in [-0.1, -0.05) is 0 Å². The number of hydrogen-bond acceptors (Lipinski definition) is 3. The van der Waals surface area contributed by atoms with Gasteiger partial charge in [-0.25, -0.2) is 5.84 Å². The number of hydrazine groups is 1. The lowest BCUT2D eigenvalue weighted by Crippen LogP contribution is -2.31. The molecule has 0 aliphatic heterocycles. The van der Waals surface area contributed by atoms with Gasteiger partial charge in [-0.05, 0) is 6.92 Å². The Labute approximate surface area is 80.3 Å². The van der Waals surface area contributed by atoms with Crippen molar-refractivity contribution in [3.8, 4) is 0 Å². The number of halogens is 3. The van der Waals surface area contributed by atoms with E-state index in [1.165, 1.54) is 0 Å². The lowest BCUT2D eigenvalue weighted by Gasteiger charge is -2.08. The van der Waals surface area contributed by atoms with Crippen LogP contribution >= 0.6 is 0 Å². The van der Waals surface area contributed by atoms with Gasteiger partial charge in [0.15, 0.2) is 0 Å². The predicted molar refractivity (Wildman–Crippen MR) is 46.8 cm³/mol. The van der Waals surface area contributed by atoms with E-state index in [2.05, 4.69) is 15.2 Å². The maximum Gasteiger partial charge on any atom is 0.411 e. The summed E-state index contributed by atoms with van der Waals surface area (Å²) in [5, 5.41) is 0. The van der Waals surface area contributed by atoms with Crippen molar-refractivity contribution < 1.29 is 17.9 Å². The second-order valence-electron chi connectivity index (χ2n) is 2.48. The first-order valence-corrected chi connectivity index (χ1v) is 4.14. The Morgan fingerprint density at radius 1 is 1.50 bits per heavy atom. The normalized spacial score (nSPS) is 13.1. The van der Waals surface area contributed by atoms with Gasteiger partial charge in [0.2, 0.25) is 0 Å². The summed E-state index contributed by atoms with van der Waals surface area (Å²) in [5.41, 5.74) is 2.29. The Balaban J connectivity index is 3.58. The molecule has 0 atom stereocenters. The molecule has 0 heterocycles. The van der Waals surface area contributed by atoms with Crippen LogP contribution in [-0.2, 0) is 4.74 Å². The van der Waals surface area contributed by atoms with Crippen LogP contribution in [0.15, 0.2) is 4.99 Å². The fourth-order valence-corrected chi connectivity index (χ4v) is 0.744. The van der Waals surface area contributed by atoms with Gasteiger partial charge in [0.25, 0.3) is 0 Å². The molecule has 0 radical (unpaired) electrons. The van der Waals surface area contributed by atoms with E-state index in [9.17, 15) is 13.2 Å². The first-order valence-electron chi connectivity index (χ1n) is 4.14. The molecular formula is C7H14F3N3O. The van der Waals surface area contributed by atoms with Crippen LogP contribution in [0.5, 0.6) is 0 Å². The van der Waals surface area contributed by atoms with Crippen molar-refractivity contribution in [3.63, 3.8) is 0 Å². The summed E-state index contributed by atoms with van der Waals surface area (Å²) in [6, 6.07) is 0. The van der Waals surface area contributed by atoms with Gasteiger partial charge in [0, 0.05) is 13.0 Å². The van der Waals surface area contributed by atoms with Crippen LogP contribution in [-0.4, -0.2) is 31.8 Å². The van der Waals surface area contributed by atoms with Gasteiger partial charge in [0.05, 0.1) is 6.61 Å². The van der Waals surface area contributed by atoms with E-state index in [4.69, 9.17) is 5.84 Å². The number of nitrogens with two attached hydrogens (primary N) is 1. The highest BCUT2D eigenvalue weighted by molar-refractivity contribution is 5.81. The predicted octanol–water partition coefficient (Wildman–Crippen LogP) is 0.837. The molecule has 14 heavy (non-hydrogen) atoms. The van der Waals surface area contributed by atoms with Gasteiger partial charge in [-0.2, -0.15) is 13.2 Å². The van der Waals surface area contributed by atoms with E-state index in [1.807, 2.05) is 0 Å². The summed E-state index contributed by atoms with van der Waals surface area (Å²) in [6.45, 7) is 1.03. The van der Waals surface area contributed by atoms with Crippen LogP contribution in [0.2, 0.25) is 0 Å². The Hall–Kier alpha value is -0.820. The zero-order chi connectivity index (χ0) is 11.0. The molecule has 0 fully saturated rings. The van der Waals surface area contributed by atoms with Crippen molar-refractivity contribution >= 4 is 5.84 Å². The summed E-state index contributed by atoms with van der Waals surface area (Å²) >= 11 is 0. The van der Waals surface area contributed by atoms with Gasteiger partial charge in [-0.15, -0.1) is 0 Å². The number of nitrogens with one attached hydrogen (secondary N) is 1. The van der Waals surface area contributed by atoms with Gasteiger partial charge in [0.1, 0.15) is 12.4 Å². The third kappa shape index (κ3) is 7.81. The van der Waals surface area contributed by atoms with Crippen LogP contribution in [0.3, 0.4) is 0 Å². The quantitative estimate of drug-likeness (QED) is 0.234. The zero-order valence-electron chi connectivity index (χ0n) is 7.90. The van der Waals surface area contributed by atoms with Crippen molar-refractivity contribution in [2.24, 2.45) is 10.8 Å². The molecule has 4 nitrogen and oxygen atoms in total. The minimum Gasteiger partial charge on any atom is -0.372 e. The molecule has 0 aromatic rings. The van der Waals surface area contributed by atoms with Crippen molar-refractivity contribution in [1.82, 2.24) is 5.43 Å². The lowest BCUT2D eigenvalue weighted by atomic mass is 10.4. The summed E-state index contributed by atoms with van der Waals surface area (Å²) < 4.78 is 39.2. The highest BCUT2D eigenvalue weighted by Crippen LogP contribution is 2.14. The van der Waals surface area contributed by atoms with Crippen LogP contribution in [0, 0.1) is 0 Å². The van der Waals surface area contributed by atoms with Crippen LogP contribution in [0.4, 0.5) is 13.2 Å². The van der Waals surface area contributed by atoms with Gasteiger partial charge in [-0.3, -0.25) is 4.99 Å². The number of nitrogens with zero attached hydrogens (tertiary/aromatic N) is 1. The van der Waals surface area contributed by atoms with Crippen molar-refractivity contribution in [3.05, 3.63) is 0 Å². The maximum atomic E-state index is 11.6. The van der Waals surface area contributed by atoms with E-state index in [1.54, 1.807) is 6.92 Å². The monoisotopic (exact) mass is 213 g/mol. The second kappa shape index (κ2) is 6.61. The van der Waals surface area contributed by atoms with Crippen molar-refractivity contribution in [2.45, 2.75) is 19.5 Å². The van der Waals surface area contributed by atoms with E-state index in [0.29, 0.717) is 12.4 Å². The molecule has 0 aromatic carbocycles. The first-order chi connectivity index (χ1) is 6.49. The highest BCUT2D eigenvalue weighted by atomic mass is 19.4. The molecule has 0 rings (SSSR count). The SMILES string of the molecule is CCN=C(CCOCC(F)(F)F)NN. The average molecular weight is 213 g/mol. The number of ether oxygens (including phenoxy) is 1. The van der Waals surface area contributed by atoms with Crippen LogP contribution in [0.1, 0.15) is 13.3 Å². The highest BCUT2D eigenvalue weighted by Gasteiger charge is 2.27. The molecule has 84 valence electrons. The minimum absolute atomic E-state index is 0.0530. The molecular weight excluding hydrogens is 199 g/mol. The third-order valence-electron chi connectivity index (χ3n) is 1.26. The molecule has 0 aliphatic rings. The van der Waals surface area contributed by atoms with E-state index in [-0.39, 0.29) is 13.0 Å². The molecule has 0 spiro atoms. The van der Waals surface area contributed by atoms with Crippen molar-refractivity contribution in [1.29, 1.82) is 0 Å². The molecule has 0 amide bonds. The molecule has 7 heteroatoms. The number of hydrogen-bond donors (Lipinski definition) is 2. The molecule has 0 saturated carbocycles. The number of aliphatic imine (C=N–C) groups is 1. The summed E-state index contributed by atoms with van der Waals surface area (Å²) in [4.78, 5) is 3.90. The van der Waals surface area contributed by atoms with Crippen LogP contribution in [0.25, 0.3) is 0 Å². The largest absolute Gasteiger partial charge is 0.411 e. The Kier molecular flexibility index (Phi) is 6.22. The Morgan fingerprint density at radius 3 is 2.57 bits per heavy atom. The van der Waals surface area contributed by atoms with Gasteiger partial charge < -0.3 is 10.2 Å². The van der Waals surface area contributed by atoms with E-state index >= 15 is 0 Å². The van der Waals surface area contributed by atoms with E-state index < -0.39 is 12.8 Å². The molecule has 0 saturated heterocycles. The second-order valence-corrected chi connectivity index (χ2v) is 2.48. The summed E-state index contributed by atoms with van der Waals surface area (Å²) in [7, 11) is 0. The van der Waals surface area contributed by atoms with Crippen molar-refractivity contribution in [2.75, 3.05) is 19.8 Å². The Morgan fingerprint density at radius 2 is 2.14 bits per heavy atom. The van der Waals surface area contributed by atoms with Crippen LogP contribution < -0.4 is 11.3 Å². The minimum atomic E-state index is -4.28. The fraction of sp³-hybridized carbons (Fsp3) is 0.857. The summed E-state index contributed by atoms with van der Waals surface area (Å²) in [5.74, 6) is 5.51. The zero-order valence-corrected chi connectivity index (χ0v) is 7.90. The molecule has 0 unspecified atom stereocenters.